The van der Waals surface area contributed by atoms with E-state index in [2.05, 4.69) is 13.8 Å². The Morgan fingerprint density at radius 1 is 0.294 bits per heavy atom. The van der Waals surface area contributed by atoms with Gasteiger partial charge < -0.3 is 0 Å². The molecule has 0 heterocycles. The van der Waals surface area contributed by atoms with Crippen molar-refractivity contribution in [3.63, 3.8) is 0 Å². The molecule has 0 aromatic heterocycles. The van der Waals surface area contributed by atoms with Crippen molar-refractivity contribution in [3.8, 4) is 0 Å². The van der Waals surface area contributed by atoms with Gasteiger partial charge in [-0.25, -0.2) is 0 Å². The van der Waals surface area contributed by atoms with E-state index >= 15 is 0 Å². The minimum atomic E-state index is 0.494. The fraction of sp³-hybridized carbons (Fsp3) is 1.00. The first-order valence-electron chi connectivity index (χ1n) is 16.1. The summed E-state index contributed by atoms with van der Waals surface area (Å²) < 4.78 is 0. The zero-order valence-corrected chi connectivity index (χ0v) is 25.6. The molecule has 0 aromatic carbocycles. The monoisotopic (exact) mass is 514 g/mol. The SMILES string of the molecule is CCCCCCCCCCCCCCCC(S)C(S)CCCCCCCCCCCCCCC. The second kappa shape index (κ2) is 29.9. The van der Waals surface area contributed by atoms with Gasteiger partial charge in [0.15, 0.2) is 0 Å². The molecule has 0 aromatic rings. The minimum Gasteiger partial charge on any atom is -0.175 e. The molecule has 2 heteroatoms. The Morgan fingerprint density at radius 3 is 0.676 bits per heavy atom. The van der Waals surface area contributed by atoms with E-state index in [0.29, 0.717) is 10.5 Å². The Kier molecular flexibility index (Phi) is 30.5. The second-order valence-corrected chi connectivity index (χ2v) is 12.5. The van der Waals surface area contributed by atoms with Crippen LogP contribution in [0.5, 0.6) is 0 Å². The van der Waals surface area contributed by atoms with Gasteiger partial charge in [-0.2, -0.15) is 25.3 Å². The molecule has 0 amide bonds. The van der Waals surface area contributed by atoms with Crippen molar-refractivity contribution in [3.05, 3.63) is 0 Å². The van der Waals surface area contributed by atoms with Crippen LogP contribution in [0.4, 0.5) is 0 Å². The summed E-state index contributed by atoms with van der Waals surface area (Å²) in [7, 11) is 0. The van der Waals surface area contributed by atoms with Gasteiger partial charge in [0.25, 0.3) is 0 Å². The van der Waals surface area contributed by atoms with Crippen LogP contribution in [0.2, 0.25) is 0 Å². The maximum absolute atomic E-state index is 4.88. The smallest absolute Gasteiger partial charge is 0.0133 e. The molecule has 0 N–H and O–H groups in total. The Hall–Kier alpha value is 0.700. The molecule has 0 radical (unpaired) electrons. The average Bonchev–Trinajstić information content (AvgIpc) is 2.84. The van der Waals surface area contributed by atoms with E-state index in [1.165, 1.54) is 180 Å². The second-order valence-electron chi connectivity index (χ2n) is 11.2. The van der Waals surface area contributed by atoms with E-state index in [1.807, 2.05) is 0 Å². The molecule has 34 heavy (non-hydrogen) atoms. The van der Waals surface area contributed by atoms with Crippen LogP contribution in [0.15, 0.2) is 0 Å². The first-order valence-corrected chi connectivity index (χ1v) is 17.1. The summed E-state index contributed by atoms with van der Waals surface area (Å²) in [6.45, 7) is 4.60. The number of hydrogen-bond acceptors (Lipinski definition) is 2. The van der Waals surface area contributed by atoms with Crippen molar-refractivity contribution in [2.45, 2.75) is 204 Å². The van der Waals surface area contributed by atoms with Crippen molar-refractivity contribution in [2.24, 2.45) is 0 Å². The largest absolute Gasteiger partial charge is 0.175 e. The molecule has 0 fully saturated rings. The molecule has 0 bridgehead atoms. The van der Waals surface area contributed by atoms with Crippen LogP contribution in [0.3, 0.4) is 0 Å². The summed E-state index contributed by atoms with van der Waals surface area (Å²) in [5.74, 6) is 0. The Bertz CT molecular complexity index is 323. The Labute approximate surface area is 228 Å². The van der Waals surface area contributed by atoms with Crippen molar-refractivity contribution in [2.75, 3.05) is 0 Å². The maximum Gasteiger partial charge on any atom is 0.0133 e. The van der Waals surface area contributed by atoms with Gasteiger partial charge in [0.05, 0.1) is 0 Å². The predicted octanol–water partition coefficient (Wildman–Crippen LogP) is 12.5. The summed E-state index contributed by atoms with van der Waals surface area (Å²) in [4.78, 5) is 0. The quantitative estimate of drug-likeness (QED) is 0.0719. The Balaban J connectivity index is 3.28. The molecule has 2 atom stereocenters. The van der Waals surface area contributed by atoms with Gasteiger partial charge in [-0.1, -0.05) is 181 Å². The van der Waals surface area contributed by atoms with Gasteiger partial charge in [-0.05, 0) is 12.8 Å². The van der Waals surface area contributed by atoms with E-state index in [4.69, 9.17) is 25.3 Å². The van der Waals surface area contributed by atoms with Crippen molar-refractivity contribution < 1.29 is 0 Å². The van der Waals surface area contributed by atoms with Crippen LogP contribution in [0.1, 0.15) is 194 Å². The summed E-state index contributed by atoms with van der Waals surface area (Å²) >= 11 is 9.76. The van der Waals surface area contributed by atoms with E-state index in [9.17, 15) is 0 Å². The van der Waals surface area contributed by atoms with Gasteiger partial charge >= 0.3 is 0 Å². The molecule has 0 rings (SSSR count). The fourth-order valence-corrected chi connectivity index (χ4v) is 5.79. The van der Waals surface area contributed by atoms with E-state index in [-0.39, 0.29) is 0 Å². The lowest BCUT2D eigenvalue weighted by molar-refractivity contribution is 0.521. The van der Waals surface area contributed by atoms with Crippen LogP contribution in [0.25, 0.3) is 0 Å². The van der Waals surface area contributed by atoms with Crippen LogP contribution in [-0.4, -0.2) is 10.5 Å². The number of hydrogen-bond donors (Lipinski definition) is 2. The molecule has 0 saturated heterocycles. The average molecular weight is 515 g/mol. The molecule has 0 aliphatic carbocycles. The molecular formula is C32H66S2. The number of rotatable bonds is 29. The van der Waals surface area contributed by atoms with E-state index in [1.54, 1.807) is 0 Å². The molecule has 0 spiro atoms. The highest BCUT2D eigenvalue weighted by Gasteiger charge is 2.13. The maximum atomic E-state index is 4.88. The summed E-state index contributed by atoms with van der Waals surface area (Å²) in [6.07, 6.45) is 39.8. The molecule has 0 saturated carbocycles. The number of thiol groups is 2. The predicted molar refractivity (Wildman–Crippen MR) is 166 cm³/mol. The van der Waals surface area contributed by atoms with Crippen molar-refractivity contribution >= 4 is 25.3 Å². The Morgan fingerprint density at radius 2 is 0.471 bits per heavy atom. The molecule has 0 nitrogen and oxygen atoms in total. The highest BCUT2D eigenvalue weighted by molar-refractivity contribution is 7.85. The number of unbranched alkanes of at least 4 members (excludes halogenated alkanes) is 24. The van der Waals surface area contributed by atoms with Gasteiger partial charge in [0, 0.05) is 10.5 Å². The zero-order chi connectivity index (χ0) is 25.0. The lowest BCUT2D eigenvalue weighted by Crippen LogP contribution is -2.15. The normalized spacial score (nSPS) is 13.4. The third-order valence-electron chi connectivity index (χ3n) is 7.65. The standard InChI is InChI=1S/C32H66S2/c1-3-5-7-9-11-13-15-17-19-21-23-25-27-29-31(33)32(34)30-28-26-24-22-20-18-16-14-12-10-8-6-4-2/h31-34H,3-30H2,1-2H3. The van der Waals surface area contributed by atoms with E-state index < -0.39 is 0 Å². The zero-order valence-electron chi connectivity index (χ0n) is 23.8. The summed E-state index contributed by atoms with van der Waals surface area (Å²) in [6, 6.07) is 0. The van der Waals surface area contributed by atoms with Gasteiger partial charge in [0.1, 0.15) is 0 Å². The minimum absolute atomic E-state index is 0.494. The lowest BCUT2D eigenvalue weighted by Gasteiger charge is -2.18. The van der Waals surface area contributed by atoms with Gasteiger partial charge in [0.2, 0.25) is 0 Å². The van der Waals surface area contributed by atoms with Crippen molar-refractivity contribution in [1.82, 2.24) is 0 Å². The topological polar surface area (TPSA) is 0 Å². The third-order valence-corrected chi connectivity index (χ3v) is 9.12. The highest BCUT2D eigenvalue weighted by atomic mass is 32.1. The van der Waals surface area contributed by atoms with E-state index in [0.717, 1.165) is 0 Å². The van der Waals surface area contributed by atoms with Crippen LogP contribution < -0.4 is 0 Å². The van der Waals surface area contributed by atoms with Crippen LogP contribution in [0, 0.1) is 0 Å². The van der Waals surface area contributed by atoms with Gasteiger partial charge in [-0.3, -0.25) is 0 Å². The van der Waals surface area contributed by atoms with Crippen LogP contribution >= 0.6 is 25.3 Å². The lowest BCUT2D eigenvalue weighted by atomic mass is 10.0. The molecule has 0 aliphatic heterocycles. The first kappa shape index (κ1) is 34.7. The molecular weight excluding hydrogens is 448 g/mol. The van der Waals surface area contributed by atoms with Crippen LogP contribution in [-0.2, 0) is 0 Å². The molecule has 0 aliphatic rings. The first-order chi connectivity index (χ1) is 16.7. The highest BCUT2D eigenvalue weighted by Crippen LogP contribution is 2.23. The fourth-order valence-electron chi connectivity index (χ4n) is 5.13. The summed E-state index contributed by atoms with van der Waals surface area (Å²) in [5.41, 5.74) is 0. The summed E-state index contributed by atoms with van der Waals surface area (Å²) in [5, 5.41) is 0.988. The van der Waals surface area contributed by atoms with Crippen molar-refractivity contribution in [1.29, 1.82) is 0 Å². The third kappa shape index (κ3) is 27.3. The molecule has 2 unspecified atom stereocenters. The molecule has 206 valence electrons. The van der Waals surface area contributed by atoms with Gasteiger partial charge in [-0.15, -0.1) is 0 Å².